The highest BCUT2D eigenvalue weighted by Crippen LogP contribution is 2.15. The highest BCUT2D eigenvalue weighted by atomic mass is 16.6. The minimum atomic E-state index is -0.674. The summed E-state index contributed by atoms with van der Waals surface area (Å²) in [6.45, 7) is 0.211. The number of hydrogen-bond acceptors (Lipinski definition) is 7. The normalized spacial score (nSPS) is 10.3. The van der Waals surface area contributed by atoms with Gasteiger partial charge in [0.25, 0.3) is 11.6 Å². The van der Waals surface area contributed by atoms with Gasteiger partial charge in [0.1, 0.15) is 11.6 Å². The number of nitrogens with zero attached hydrogens (tertiary/aromatic N) is 2. The highest BCUT2D eigenvalue weighted by Gasteiger charge is 2.10. The molecule has 120 valence electrons. The molecule has 1 amide bonds. The maximum Gasteiger partial charge on any atom is 0.307 e. The van der Waals surface area contributed by atoms with Crippen molar-refractivity contribution in [3.8, 4) is 6.07 Å². The Hall–Kier alpha value is -3.41. The average molecular weight is 318 g/mol. The molecule has 0 heterocycles. The van der Waals surface area contributed by atoms with E-state index in [2.05, 4.69) is 15.4 Å². The zero-order valence-corrected chi connectivity index (χ0v) is 12.2. The van der Waals surface area contributed by atoms with E-state index in [1.54, 1.807) is 6.07 Å². The van der Waals surface area contributed by atoms with Gasteiger partial charge in [0.15, 0.2) is 0 Å². The Bertz CT molecular complexity index is 661. The summed E-state index contributed by atoms with van der Waals surface area (Å²) in [5, 5.41) is 24.6. The number of benzene rings is 1. The van der Waals surface area contributed by atoms with Crippen molar-refractivity contribution in [3.05, 3.63) is 46.2 Å². The molecule has 1 rings (SSSR count). The molecule has 1 aromatic carbocycles. The molecule has 23 heavy (non-hydrogen) atoms. The first-order valence-electron chi connectivity index (χ1n) is 6.44. The lowest BCUT2D eigenvalue weighted by Gasteiger charge is -2.05. The third-order valence-electron chi connectivity index (χ3n) is 2.65. The number of ether oxygens (including phenoxy) is 1. The van der Waals surface area contributed by atoms with Crippen LogP contribution in [-0.2, 0) is 14.3 Å². The second-order valence-electron chi connectivity index (χ2n) is 4.21. The van der Waals surface area contributed by atoms with Gasteiger partial charge >= 0.3 is 5.97 Å². The summed E-state index contributed by atoms with van der Waals surface area (Å²) in [6.07, 6.45) is 1.28. The summed E-state index contributed by atoms with van der Waals surface area (Å²) in [5.41, 5.74) is 0.00746. The van der Waals surface area contributed by atoms with Crippen LogP contribution in [0.2, 0.25) is 0 Å². The number of amides is 1. The fourth-order valence-corrected chi connectivity index (χ4v) is 1.46. The van der Waals surface area contributed by atoms with Gasteiger partial charge < -0.3 is 15.4 Å². The number of nitriles is 1. The van der Waals surface area contributed by atoms with Gasteiger partial charge in [-0.3, -0.25) is 19.7 Å². The number of esters is 1. The van der Waals surface area contributed by atoms with Crippen LogP contribution >= 0.6 is 0 Å². The van der Waals surface area contributed by atoms with Crippen molar-refractivity contribution in [2.24, 2.45) is 0 Å². The largest absolute Gasteiger partial charge is 0.469 e. The smallest absolute Gasteiger partial charge is 0.307 e. The lowest BCUT2D eigenvalue weighted by molar-refractivity contribution is -0.384. The molecule has 0 aliphatic carbocycles. The first-order valence-corrected chi connectivity index (χ1v) is 6.44. The Balaban J connectivity index is 2.61. The molecule has 9 heteroatoms. The Morgan fingerprint density at radius 2 is 2.04 bits per heavy atom. The summed E-state index contributed by atoms with van der Waals surface area (Å²) in [6, 6.07) is 6.90. The Morgan fingerprint density at radius 3 is 2.57 bits per heavy atom. The molecular formula is C14H14N4O5. The molecule has 0 aliphatic rings. The van der Waals surface area contributed by atoms with Crippen molar-refractivity contribution in [1.82, 2.24) is 5.32 Å². The molecular weight excluding hydrogens is 304 g/mol. The number of non-ortho nitro benzene ring substituents is 1. The molecule has 0 fully saturated rings. The van der Waals surface area contributed by atoms with Gasteiger partial charge in [-0.2, -0.15) is 5.26 Å². The number of carbonyl (C=O) groups excluding carboxylic acids is 2. The maximum absolute atomic E-state index is 11.9. The molecule has 0 aromatic heterocycles. The third-order valence-corrected chi connectivity index (χ3v) is 2.65. The van der Waals surface area contributed by atoms with Crippen molar-refractivity contribution in [1.29, 1.82) is 5.26 Å². The number of carbonyl (C=O) groups is 2. The van der Waals surface area contributed by atoms with Gasteiger partial charge in [-0.1, -0.05) is 0 Å². The van der Waals surface area contributed by atoms with Crippen LogP contribution in [0.5, 0.6) is 0 Å². The highest BCUT2D eigenvalue weighted by molar-refractivity contribution is 6.06. The van der Waals surface area contributed by atoms with E-state index in [1.165, 1.54) is 37.6 Å². The fourth-order valence-electron chi connectivity index (χ4n) is 1.46. The second kappa shape index (κ2) is 8.78. The Kier molecular flexibility index (Phi) is 6.74. The summed E-state index contributed by atoms with van der Waals surface area (Å²) in [4.78, 5) is 32.8. The van der Waals surface area contributed by atoms with E-state index in [-0.39, 0.29) is 24.2 Å². The van der Waals surface area contributed by atoms with Crippen LogP contribution in [0.25, 0.3) is 0 Å². The molecule has 9 nitrogen and oxygen atoms in total. The molecule has 0 aliphatic heterocycles. The van der Waals surface area contributed by atoms with Crippen molar-refractivity contribution < 1.29 is 19.2 Å². The maximum atomic E-state index is 11.9. The van der Waals surface area contributed by atoms with Gasteiger partial charge in [-0.25, -0.2) is 0 Å². The number of rotatable bonds is 7. The van der Waals surface area contributed by atoms with E-state index in [4.69, 9.17) is 5.26 Å². The van der Waals surface area contributed by atoms with Crippen LogP contribution in [0.1, 0.15) is 6.42 Å². The molecule has 1 aromatic rings. The first kappa shape index (κ1) is 17.6. The van der Waals surface area contributed by atoms with Crippen molar-refractivity contribution in [3.63, 3.8) is 0 Å². The SMILES string of the molecule is COC(=O)CCN/C=C(/C#N)C(=O)Nc1ccc([N+](=O)[O-])cc1. The van der Waals surface area contributed by atoms with E-state index in [0.717, 1.165) is 0 Å². The van der Waals surface area contributed by atoms with E-state index in [1.807, 2.05) is 0 Å². The monoisotopic (exact) mass is 318 g/mol. The zero-order chi connectivity index (χ0) is 17.2. The van der Waals surface area contributed by atoms with Crippen LogP contribution in [0.4, 0.5) is 11.4 Å². The second-order valence-corrected chi connectivity index (χ2v) is 4.21. The average Bonchev–Trinajstić information content (AvgIpc) is 2.54. The van der Waals surface area contributed by atoms with E-state index in [0.29, 0.717) is 5.69 Å². The topological polar surface area (TPSA) is 134 Å². The Labute approximate surface area is 131 Å². The summed E-state index contributed by atoms with van der Waals surface area (Å²) < 4.78 is 4.44. The van der Waals surface area contributed by atoms with Crippen LogP contribution < -0.4 is 10.6 Å². The molecule has 0 radical (unpaired) electrons. The number of nitro benzene ring substituents is 1. The van der Waals surface area contributed by atoms with Gasteiger partial charge in [0, 0.05) is 30.6 Å². The van der Waals surface area contributed by atoms with E-state index >= 15 is 0 Å². The Morgan fingerprint density at radius 1 is 1.39 bits per heavy atom. The number of methoxy groups -OCH3 is 1. The van der Waals surface area contributed by atoms with Gasteiger partial charge in [-0.05, 0) is 12.1 Å². The van der Waals surface area contributed by atoms with E-state index < -0.39 is 16.8 Å². The van der Waals surface area contributed by atoms with Crippen LogP contribution in [0.3, 0.4) is 0 Å². The van der Waals surface area contributed by atoms with Crippen LogP contribution in [0, 0.1) is 21.4 Å². The van der Waals surface area contributed by atoms with Gasteiger partial charge in [0.05, 0.1) is 18.5 Å². The van der Waals surface area contributed by atoms with Gasteiger partial charge in [0.2, 0.25) is 0 Å². The minimum absolute atomic E-state index is 0.0929. The molecule has 0 unspecified atom stereocenters. The first-order chi connectivity index (χ1) is 11.0. The molecule has 0 spiro atoms. The summed E-state index contributed by atoms with van der Waals surface area (Å²) >= 11 is 0. The predicted octanol–water partition coefficient (Wildman–Crippen LogP) is 1.09. The van der Waals surface area contributed by atoms with Crippen LogP contribution in [0.15, 0.2) is 36.0 Å². The van der Waals surface area contributed by atoms with Crippen LogP contribution in [-0.4, -0.2) is 30.5 Å². The number of nitrogens with one attached hydrogen (secondary N) is 2. The molecule has 2 N–H and O–H groups in total. The number of anilines is 1. The third kappa shape index (κ3) is 5.84. The standard InChI is InChI=1S/C14H14N4O5/c1-23-13(19)6-7-16-9-10(8-15)14(20)17-11-2-4-12(5-3-11)18(21)22/h2-5,9,16H,6-7H2,1H3,(H,17,20)/b10-9-. The van der Waals surface area contributed by atoms with E-state index in [9.17, 15) is 19.7 Å². The predicted molar refractivity (Wildman–Crippen MR) is 80.1 cm³/mol. The van der Waals surface area contributed by atoms with Crippen molar-refractivity contribution >= 4 is 23.3 Å². The lowest BCUT2D eigenvalue weighted by atomic mass is 10.2. The molecule has 0 bridgehead atoms. The summed E-state index contributed by atoms with van der Waals surface area (Å²) in [7, 11) is 1.26. The lowest BCUT2D eigenvalue weighted by Crippen LogP contribution is -2.18. The zero-order valence-electron chi connectivity index (χ0n) is 12.2. The molecule has 0 saturated heterocycles. The molecule has 0 saturated carbocycles. The van der Waals surface area contributed by atoms with Gasteiger partial charge in [-0.15, -0.1) is 0 Å². The quantitative estimate of drug-likeness (QED) is 0.192. The fraction of sp³-hybridized carbons (Fsp3) is 0.214. The summed E-state index contributed by atoms with van der Waals surface area (Å²) in [5.74, 6) is -1.09. The van der Waals surface area contributed by atoms with Crippen molar-refractivity contribution in [2.45, 2.75) is 6.42 Å². The minimum Gasteiger partial charge on any atom is -0.469 e. The number of nitro groups is 1. The molecule has 0 atom stereocenters. The van der Waals surface area contributed by atoms with Crippen molar-refractivity contribution in [2.75, 3.05) is 19.0 Å². The number of hydrogen-bond donors (Lipinski definition) is 2.